The van der Waals surface area contributed by atoms with Crippen LogP contribution in [0, 0.1) is 6.92 Å². The van der Waals surface area contributed by atoms with Crippen LogP contribution in [0.4, 0.5) is 4.79 Å². The lowest BCUT2D eigenvalue weighted by Crippen LogP contribution is -2.47. The van der Waals surface area contributed by atoms with Gasteiger partial charge in [0.25, 0.3) is 0 Å². The van der Waals surface area contributed by atoms with Gasteiger partial charge in [-0.05, 0) is 68.5 Å². The van der Waals surface area contributed by atoms with Crippen molar-refractivity contribution in [3.05, 3.63) is 53.5 Å². The second-order valence-electron chi connectivity index (χ2n) is 11.8. The zero-order valence-electron chi connectivity index (χ0n) is 24.3. The molecule has 0 aliphatic carbocycles. The minimum atomic E-state index is -0.619. The quantitative estimate of drug-likeness (QED) is 0.375. The molecule has 1 N–H and O–H groups in total. The lowest BCUT2D eigenvalue weighted by atomic mass is 9.94. The van der Waals surface area contributed by atoms with Crippen molar-refractivity contribution >= 4 is 28.6 Å². The summed E-state index contributed by atoms with van der Waals surface area (Å²) in [5.74, 6) is 0.132. The lowest BCUT2D eigenvalue weighted by Gasteiger charge is -2.34. The summed E-state index contributed by atoms with van der Waals surface area (Å²) in [6.45, 7) is 13.1. The van der Waals surface area contributed by atoms with E-state index in [0.29, 0.717) is 19.7 Å². The maximum Gasteiger partial charge on any atom is 0.410 e. The number of nitrogens with zero attached hydrogens (tertiary/aromatic N) is 5. The molecule has 10 nitrogen and oxygen atoms in total. The average Bonchev–Trinajstić information content (AvgIpc) is 3.52. The Morgan fingerprint density at radius 2 is 2.02 bits per heavy atom. The first kappa shape index (κ1) is 27.6. The molecule has 10 heteroatoms. The highest BCUT2D eigenvalue weighted by Gasteiger charge is 2.29. The van der Waals surface area contributed by atoms with Crippen LogP contribution in [0.15, 0.2) is 36.8 Å². The van der Waals surface area contributed by atoms with Crippen LogP contribution in [0.5, 0.6) is 0 Å². The first-order chi connectivity index (χ1) is 18.9. The molecule has 0 saturated carbocycles. The number of morpholine rings is 1. The summed E-state index contributed by atoms with van der Waals surface area (Å²) in [6.07, 6.45) is 2.80. The normalized spacial score (nSPS) is 16.2. The fourth-order valence-corrected chi connectivity index (χ4v) is 5.27. The van der Waals surface area contributed by atoms with Crippen LogP contribution in [-0.2, 0) is 14.3 Å². The van der Waals surface area contributed by atoms with Crippen LogP contribution >= 0.6 is 0 Å². The molecule has 4 aromatic rings. The molecule has 40 heavy (non-hydrogen) atoms. The molecule has 1 fully saturated rings. The first-order valence-electron chi connectivity index (χ1n) is 13.7. The van der Waals surface area contributed by atoms with Gasteiger partial charge in [0.1, 0.15) is 24.6 Å². The van der Waals surface area contributed by atoms with E-state index in [4.69, 9.17) is 9.47 Å². The molecule has 0 spiro atoms. The Kier molecular flexibility index (Phi) is 7.31. The number of carbonyl (C=O) groups is 2. The summed E-state index contributed by atoms with van der Waals surface area (Å²) in [7, 11) is 1.58. The van der Waals surface area contributed by atoms with Crippen molar-refractivity contribution in [3.8, 4) is 11.3 Å². The number of pyridine rings is 1. The van der Waals surface area contributed by atoms with Crippen molar-refractivity contribution < 1.29 is 19.1 Å². The molecule has 0 bridgehead atoms. The highest BCUT2D eigenvalue weighted by atomic mass is 16.6. The van der Waals surface area contributed by atoms with Crippen molar-refractivity contribution in [2.45, 2.75) is 59.2 Å². The zero-order valence-corrected chi connectivity index (χ0v) is 24.3. The Morgan fingerprint density at radius 3 is 2.75 bits per heavy atom. The number of fused-ring (bicyclic) bond motifs is 2. The van der Waals surface area contributed by atoms with Crippen LogP contribution in [0.2, 0.25) is 0 Å². The van der Waals surface area contributed by atoms with Crippen molar-refractivity contribution in [2.75, 3.05) is 33.3 Å². The SMILES string of the molecule is Cc1cc(-c2[nH]c3ccc(C4CN(C(=O)CN(C)C(=O)OC(C)(C)C)CCO4)cc3c2C(C)C)cn2ncnc12. The summed E-state index contributed by atoms with van der Waals surface area (Å²) in [5.41, 5.74) is 6.68. The third-order valence-corrected chi connectivity index (χ3v) is 7.16. The lowest BCUT2D eigenvalue weighted by molar-refractivity contribution is -0.139. The van der Waals surface area contributed by atoms with Crippen LogP contribution < -0.4 is 0 Å². The minimum absolute atomic E-state index is 0.0468. The number of benzene rings is 1. The van der Waals surface area contributed by atoms with Crippen LogP contribution in [0.25, 0.3) is 27.8 Å². The zero-order chi connectivity index (χ0) is 28.8. The Labute approximate surface area is 234 Å². The molecule has 3 aromatic heterocycles. The van der Waals surface area contributed by atoms with Crippen LogP contribution in [-0.4, -0.2) is 80.3 Å². The van der Waals surface area contributed by atoms with Gasteiger partial charge in [-0.15, -0.1) is 0 Å². The minimum Gasteiger partial charge on any atom is -0.444 e. The Morgan fingerprint density at radius 1 is 1.25 bits per heavy atom. The number of nitrogens with one attached hydrogen (secondary N) is 1. The first-order valence-corrected chi connectivity index (χ1v) is 13.7. The molecule has 1 aromatic carbocycles. The van der Waals surface area contributed by atoms with E-state index < -0.39 is 11.7 Å². The molecule has 0 radical (unpaired) electrons. The van der Waals surface area contributed by atoms with Gasteiger partial charge in [0, 0.05) is 36.3 Å². The Balaban J connectivity index is 1.39. The molecule has 5 rings (SSSR count). The maximum absolute atomic E-state index is 13.1. The van der Waals surface area contributed by atoms with E-state index in [1.165, 1.54) is 10.5 Å². The van der Waals surface area contributed by atoms with E-state index in [1.54, 1.807) is 39.0 Å². The summed E-state index contributed by atoms with van der Waals surface area (Å²) in [4.78, 5) is 36.5. The predicted octanol–water partition coefficient (Wildman–Crippen LogP) is 5.08. The van der Waals surface area contributed by atoms with Gasteiger partial charge in [-0.25, -0.2) is 14.3 Å². The van der Waals surface area contributed by atoms with E-state index in [2.05, 4.69) is 53.2 Å². The molecule has 1 atom stereocenters. The van der Waals surface area contributed by atoms with Crippen molar-refractivity contribution in [1.82, 2.24) is 29.4 Å². The van der Waals surface area contributed by atoms with Gasteiger partial charge in [0.05, 0.1) is 18.8 Å². The summed E-state index contributed by atoms with van der Waals surface area (Å²) < 4.78 is 13.3. The van der Waals surface area contributed by atoms with Gasteiger partial charge in [-0.2, -0.15) is 5.10 Å². The summed E-state index contributed by atoms with van der Waals surface area (Å²) >= 11 is 0. The number of H-pyrrole nitrogens is 1. The van der Waals surface area contributed by atoms with Crippen molar-refractivity contribution in [3.63, 3.8) is 0 Å². The molecule has 1 aliphatic heterocycles. The molecular weight excluding hydrogens is 508 g/mol. The smallest absolute Gasteiger partial charge is 0.410 e. The highest BCUT2D eigenvalue weighted by molar-refractivity contribution is 5.92. The largest absolute Gasteiger partial charge is 0.444 e. The van der Waals surface area contributed by atoms with Crippen molar-refractivity contribution in [1.29, 1.82) is 0 Å². The molecular formula is C30H38N6O4. The fourth-order valence-electron chi connectivity index (χ4n) is 5.27. The highest BCUT2D eigenvalue weighted by Crippen LogP contribution is 2.37. The van der Waals surface area contributed by atoms with Gasteiger partial charge < -0.3 is 24.3 Å². The molecule has 1 aliphatic rings. The number of aromatic amines is 1. The fraction of sp³-hybridized carbons (Fsp3) is 0.467. The molecule has 1 unspecified atom stereocenters. The van der Waals surface area contributed by atoms with E-state index in [1.807, 2.05) is 17.6 Å². The Hall–Kier alpha value is -3.92. The van der Waals surface area contributed by atoms with Gasteiger partial charge in [-0.1, -0.05) is 19.9 Å². The van der Waals surface area contributed by atoms with Gasteiger partial charge in [0.15, 0.2) is 5.65 Å². The Bertz CT molecular complexity index is 1560. The van der Waals surface area contributed by atoms with Gasteiger partial charge in [-0.3, -0.25) is 4.79 Å². The molecule has 2 amide bonds. The average molecular weight is 547 g/mol. The number of rotatable bonds is 5. The number of carbonyl (C=O) groups excluding carboxylic acids is 2. The number of likely N-dealkylation sites (N-methyl/N-ethyl adjacent to an activating group) is 1. The maximum atomic E-state index is 13.1. The third kappa shape index (κ3) is 5.54. The van der Waals surface area contributed by atoms with E-state index in [-0.39, 0.29) is 24.5 Å². The number of ether oxygens (including phenoxy) is 2. The van der Waals surface area contributed by atoms with Crippen molar-refractivity contribution in [2.24, 2.45) is 0 Å². The molecule has 4 heterocycles. The van der Waals surface area contributed by atoms with Gasteiger partial charge in [0.2, 0.25) is 5.91 Å². The van der Waals surface area contributed by atoms with E-state index >= 15 is 0 Å². The second-order valence-corrected chi connectivity index (χ2v) is 11.8. The molecule has 1 saturated heterocycles. The van der Waals surface area contributed by atoms with E-state index in [9.17, 15) is 9.59 Å². The predicted molar refractivity (Wildman–Crippen MR) is 153 cm³/mol. The van der Waals surface area contributed by atoms with Crippen LogP contribution in [0.1, 0.15) is 63.3 Å². The van der Waals surface area contributed by atoms with Crippen LogP contribution in [0.3, 0.4) is 0 Å². The summed E-state index contributed by atoms with van der Waals surface area (Å²) in [6, 6.07) is 8.46. The number of aromatic nitrogens is 4. The number of hydrogen-bond acceptors (Lipinski definition) is 6. The monoisotopic (exact) mass is 546 g/mol. The second kappa shape index (κ2) is 10.6. The number of amides is 2. The topological polar surface area (TPSA) is 105 Å². The number of hydrogen-bond donors (Lipinski definition) is 1. The van der Waals surface area contributed by atoms with Gasteiger partial charge >= 0.3 is 6.09 Å². The third-order valence-electron chi connectivity index (χ3n) is 7.16. The number of aryl methyl sites for hydroxylation is 1. The standard InChI is InChI=1S/C30H38N6O4/c1-18(2)26-22-13-20(8-9-23(22)33-27(26)21-12-19(3)28-31-17-32-36(28)14-21)24-15-35(10-11-39-24)25(37)16-34(7)29(38)40-30(4,5)6/h8-9,12-14,17-18,24,33H,10-11,15-16H2,1-7H3. The summed E-state index contributed by atoms with van der Waals surface area (Å²) in [5, 5.41) is 5.48. The van der Waals surface area contributed by atoms with E-state index in [0.717, 1.165) is 38.9 Å². The molecule has 212 valence electrons.